The summed E-state index contributed by atoms with van der Waals surface area (Å²) >= 11 is 6.13. The van der Waals surface area contributed by atoms with Gasteiger partial charge in [-0.15, -0.1) is 0 Å². The number of nitrogens with one attached hydrogen (secondary N) is 3. The molecule has 0 aromatic heterocycles. The SMILES string of the molecule is CC(C)(C)NC(=O)c1ccccc1NC(=O)c1ccc(NS(C)(=O)=O)cc1Cl. The van der Waals surface area contributed by atoms with Gasteiger partial charge in [0.25, 0.3) is 11.8 Å². The first-order chi connectivity index (χ1) is 12.9. The molecule has 0 fully saturated rings. The molecule has 150 valence electrons. The Hall–Kier alpha value is -2.58. The monoisotopic (exact) mass is 423 g/mol. The lowest BCUT2D eigenvalue weighted by Crippen LogP contribution is -2.40. The van der Waals surface area contributed by atoms with Crippen LogP contribution < -0.4 is 15.4 Å². The molecule has 2 aromatic rings. The van der Waals surface area contributed by atoms with Gasteiger partial charge in [-0.2, -0.15) is 0 Å². The topological polar surface area (TPSA) is 104 Å². The maximum absolute atomic E-state index is 12.6. The predicted octanol–water partition coefficient (Wildman–Crippen LogP) is 3.49. The smallest absolute Gasteiger partial charge is 0.257 e. The summed E-state index contributed by atoms with van der Waals surface area (Å²) in [5.41, 5.74) is 0.613. The minimum atomic E-state index is -3.46. The minimum Gasteiger partial charge on any atom is -0.347 e. The van der Waals surface area contributed by atoms with Crippen molar-refractivity contribution < 1.29 is 18.0 Å². The third kappa shape index (κ3) is 6.24. The van der Waals surface area contributed by atoms with Crippen LogP contribution in [0.5, 0.6) is 0 Å². The van der Waals surface area contributed by atoms with Crippen molar-refractivity contribution in [3.05, 3.63) is 58.6 Å². The zero-order valence-corrected chi connectivity index (χ0v) is 17.5. The van der Waals surface area contributed by atoms with E-state index in [-0.39, 0.29) is 22.2 Å². The highest BCUT2D eigenvalue weighted by molar-refractivity contribution is 7.92. The molecule has 9 heteroatoms. The lowest BCUT2D eigenvalue weighted by Gasteiger charge is -2.21. The average Bonchev–Trinajstić information content (AvgIpc) is 2.52. The summed E-state index contributed by atoms with van der Waals surface area (Å²) in [5.74, 6) is -0.839. The molecule has 0 unspecified atom stereocenters. The van der Waals surface area contributed by atoms with Gasteiger partial charge in [0.2, 0.25) is 10.0 Å². The standard InChI is InChI=1S/C19H22ClN3O4S/c1-19(2,3)22-18(25)14-7-5-6-8-16(14)21-17(24)13-10-9-12(11-15(13)20)23-28(4,26)27/h5-11,23H,1-4H3,(H,21,24)(H,22,25). The second kappa shape index (κ2) is 8.20. The molecule has 2 amide bonds. The lowest BCUT2D eigenvalue weighted by atomic mass is 10.1. The second-order valence-corrected chi connectivity index (χ2v) is 9.43. The van der Waals surface area contributed by atoms with E-state index >= 15 is 0 Å². The molecule has 28 heavy (non-hydrogen) atoms. The van der Waals surface area contributed by atoms with E-state index < -0.39 is 21.5 Å². The summed E-state index contributed by atoms with van der Waals surface area (Å²) in [7, 11) is -3.46. The Morgan fingerprint density at radius 2 is 1.61 bits per heavy atom. The number of para-hydroxylation sites is 1. The number of amides is 2. The first-order valence-corrected chi connectivity index (χ1v) is 10.6. The normalized spacial score (nSPS) is 11.6. The van der Waals surface area contributed by atoms with Crippen LogP contribution in [0.1, 0.15) is 41.5 Å². The molecule has 7 nitrogen and oxygen atoms in total. The van der Waals surface area contributed by atoms with E-state index in [0.717, 1.165) is 6.26 Å². The molecule has 3 N–H and O–H groups in total. The van der Waals surface area contributed by atoms with E-state index in [0.29, 0.717) is 11.3 Å². The fourth-order valence-corrected chi connectivity index (χ4v) is 3.19. The van der Waals surface area contributed by atoms with Crippen molar-refractivity contribution in [2.75, 3.05) is 16.3 Å². The fraction of sp³-hybridized carbons (Fsp3) is 0.263. The van der Waals surface area contributed by atoms with Gasteiger partial charge in [-0.25, -0.2) is 8.42 Å². The molecule has 0 aliphatic heterocycles. The number of carbonyl (C=O) groups is 2. The van der Waals surface area contributed by atoms with Crippen LogP contribution in [0.15, 0.2) is 42.5 Å². The summed E-state index contributed by atoms with van der Waals surface area (Å²) in [6.07, 6.45) is 1.01. The molecular weight excluding hydrogens is 402 g/mol. The van der Waals surface area contributed by atoms with Crippen LogP contribution in [-0.4, -0.2) is 32.0 Å². The van der Waals surface area contributed by atoms with E-state index in [4.69, 9.17) is 11.6 Å². The maximum atomic E-state index is 12.6. The molecule has 0 radical (unpaired) electrons. The van der Waals surface area contributed by atoms with Crippen molar-refractivity contribution in [3.63, 3.8) is 0 Å². The van der Waals surface area contributed by atoms with Crippen molar-refractivity contribution in [1.29, 1.82) is 0 Å². The van der Waals surface area contributed by atoms with E-state index in [9.17, 15) is 18.0 Å². The van der Waals surface area contributed by atoms with E-state index in [1.54, 1.807) is 24.3 Å². The van der Waals surface area contributed by atoms with E-state index in [1.165, 1.54) is 18.2 Å². The zero-order valence-electron chi connectivity index (χ0n) is 16.0. The molecule has 0 heterocycles. The van der Waals surface area contributed by atoms with Crippen molar-refractivity contribution in [2.45, 2.75) is 26.3 Å². The van der Waals surface area contributed by atoms with E-state index in [2.05, 4.69) is 15.4 Å². The number of anilines is 2. The molecule has 2 aromatic carbocycles. The molecule has 0 bridgehead atoms. The Labute approximate surface area is 169 Å². The minimum absolute atomic E-state index is 0.0720. The zero-order chi connectivity index (χ0) is 21.1. The third-order valence-corrected chi connectivity index (χ3v) is 4.34. The number of carbonyl (C=O) groups excluding carboxylic acids is 2. The molecule has 0 atom stereocenters. The summed E-state index contributed by atoms with van der Waals surface area (Å²) in [6, 6.07) is 10.8. The number of benzene rings is 2. The first-order valence-electron chi connectivity index (χ1n) is 8.36. The van der Waals surface area contributed by atoms with Gasteiger partial charge < -0.3 is 10.6 Å². The number of hydrogen-bond acceptors (Lipinski definition) is 4. The Morgan fingerprint density at radius 3 is 2.18 bits per heavy atom. The Morgan fingerprint density at radius 1 is 0.964 bits per heavy atom. The number of hydrogen-bond donors (Lipinski definition) is 3. The van der Waals surface area contributed by atoms with Crippen LogP contribution in [0.3, 0.4) is 0 Å². The summed E-state index contributed by atoms with van der Waals surface area (Å²) in [4.78, 5) is 25.1. The molecule has 0 saturated carbocycles. The van der Waals surface area contributed by atoms with Crippen LogP contribution in [0.4, 0.5) is 11.4 Å². The molecule has 0 saturated heterocycles. The van der Waals surface area contributed by atoms with Crippen LogP contribution in [-0.2, 0) is 10.0 Å². The Bertz CT molecular complexity index is 1010. The summed E-state index contributed by atoms with van der Waals surface area (Å²) < 4.78 is 24.9. The average molecular weight is 424 g/mol. The Kier molecular flexibility index (Phi) is 6.36. The van der Waals surface area contributed by atoms with Crippen molar-refractivity contribution >= 4 is 44.8 Å². The van der Waals surface area contributed by atoms with Gasteiger partial charge in [-0.05, 0) is 51.1 Å². The summed E-state index contributed by atoms with van der Waals surface area (Å²) in [5, 5.41) is 5.60. The molecule has 2 rings (SSSR count). The predicted molar refractivity (Wildman–Crippen MR) is 112 cm³/mol. The quantitative estimate of drug-likeness (QED) is 0.684. The third-order valence-electron chi connectivity index (χ3n) is 3.43. The van der Waals surface area contributed by atoms with Crippen LogP contribution >= 0.6 is 11.6 Å². The largest absolute Gasteiger partial charge is 0.347 e. The first kappa shape index (κ1) is 21.7. The number of halogens is 1. The van der Waals surface area contributed by atoms with Crippen LogP contribution in [0.2, 0.25) is 5.02 Å². The van der Waals surface area contributed by atoms with E-state index in [1.807, 2.05) is 20.8 Å². The molecular formula is C19H22ClN3O4S. The molecule has 0 aliphatic rings. The number of sulfonamides is 1. The lowest BCUT2D eigenvalue weighted by molar-refractivity contribution is 0.0920. The highest BCUT2D eigenvalue weighted by Gasteiger charge is 2.20. The van der Waals surface area contributed by atoms with Gasteiger partial charge in [0.1, 0.15) is 0 Å². The summed E-state index contributed by atoms with van der Waals surface area (Å²) in [6.45, 7) is 5.58. The molecule has 0 aliphatic carbocycles. The second-order valence-electron chi connectivity index (χ2n) is 7.27. The van der Waals surface area contributed by atoms with Crippen molar-refractivity contribution in [3.8, 4) is 0 Å². The van der Waals surface area contributed by atoms with Crippen LogP contribution in [0.25, 0.3) is 0 Å². The van der Waals surface area contributed by atoms with Gasteiger partial charge in [-0.3, -0.25) is 14.3 Å². The van der Waals surface area contributed by atoms with Crippen molar-refractivity contribution in [2.24, 2.45) is 0 Å². The maximum Gasteiger partial charge on any atom is 0.257 e. The Balaban J connectivity index is 2.25. The highest BCUT2D eigenvalue weighted by Crippen LogP contribution is 2.24. The van der Waals surface area contributed by atoms with Gasteiger partial charge in [0.05, 0.1) is 28.1 Å². The van der Waals surface area contributed by atoms with Gasteiger partial charge >= 0.3 is 0 Å². The van der Waals surface area contributed by atoms with Gasteiger partial charge in [0.15, 0.2) is 0 Å². The van der Waals surface area contributed by atoms with Gasteiger partial charge in [-0.1, -0.05) is 23.7 Å². The van der Waals surface area contributed by atoms with Crippen molar-refractivity contribution in [1.82, 2.24) is 5.32 Å². The molecule has 0 spiro atoms. The fourth-order valence-electron chi connectivity index (χ4n) is 2.36. The van der Waals surface area contributed by atoms with Gasteiger partial charge in [0, 0.05) is 11.2 Å². The highest BCUT2D eigenvalue weighted by atomic mass is 35.5. The number of rotatable bonds is 5. The van der Waals surface area contributed by atoms with Crippen LogP contribution in [0, 0.1) is 0 Å².